The molecular formula is C28H33N5OS. The van der Waals surface area contributed by atoms with Gasteiger partial charge in [0.1, 0.15) is 5.52 Å². The second-order valence-electron chi connectivity index (χ2n) is 9.46. The van der Waals surface area contributed by atoms with E-state index in [4.69, 9.17) is 0 Å². The fourth-order valence-electron chi connectivity index (χ4n) is 5.05. The van der Waals surface area contributed by atoms with Gasteiger partial charge >= 0.3 is 0 Å². The number of aromatic nitrogens is 3. The summed E-state index contributed by atoms with van der Waals surface area (Å²) in [4.78, 5) is 3.64. The quantitative estimate of drug-likeness (QED) is 0.384. The van der Waals surface area contributed by atoms with Crippen molar-refractivity contribution in [1.82, 2.24) is 19.3 Å². The number of anilines is 1. The average molecular weight is 488 g/mol. The minimum atomic E-state index is 0.106. The van der Waals surface area contributed by atoms with Crippen molar-refractivity contribution < 1.29 is 5.11 Å². The number of rotatable bonds is 6. The van der Waals surface area contributed by atoms with Gasteiger partial charge in [0.25, 0.3) is 0 Å². The van der Waals surface area contributed by atoms with Crippen molar-refractivity contribution in [2.24, 2.45) is 7.05 Å². The highest BCUT2D eigenvalue weighted by Crippen LogP contribution is 2.37. The zero-order valence-electron chi connectivity index (χ0n) is 20.9. The highest BCUT2D eigenvalue weighted by atomic mass is 32.2. The maximum atomic E-state index is 9.95. The van der Waals surface area contributed by atoms with Crippen molar-refractivity contribution in [2.45, 2.75) is 37.6 Å². The van der Waals surface area contributed by atoms with E-state index in [1.807, 2.05) is 23.7 Å². The lowest BCUT2D eigenvalue weighted by Crippen LogP contribution is -2.26. The zero-order chi connectivity index (χ0) is 24.5. The molecule has 0 amide bonds. The summed E-state index contributed by atoms with van der Waals surface area (Å²) in [5.41, 5.74) is 9.47. The molecule has 1 N–H and O–H groups in total. The van der Waals surface area contributed by atoms with E-state index in [1.54, 1.807) is 0 Å². The van der Waals surface area contributed by atoms with Crippen LogP contribution in [0.3, 0.4) is 0 Å². The van der Waals surface area contributed by atoms with E-state index in [9.17, 15) is 5.11 Å². The molecule has 35 heavy (non-hydrogen) atoms. The van der Waals surface area contributed by atoms with Crippen molar-refractivity contribution in [3.63, 3.8) is 0 Å². The Morgan fingerprint density at radius 2 is 1.86 bits per heavy atom. The van der Waals surface area contributed by atoms with Gasteiger partial charge in [0.05, 0.1) is 11.2 Å². The number of fused-ring (bicyclic) bond motifs is 2. The van der Waals surface area contributed by atoms with Gasteiger partial charge in [0.2, 0.25) is 0 Å². The van der Waals surface area contributed by atoms with Gasteiger partial charge in [0.15, 0.2) is 0 Å². The molecule has 5 rings (SSSR count). The number of hydrogen-bond donors (Lipinski definition) is 1. The molecule has 6 nitrogen and oxygen atoms in total. The van der Waals surface area contributed by atoms with Gasteiger partial charge in [-0.2, -0.15) is 0 Å². The molecule has 182 valence electrons. The monoisotopic (exact) mass is 487 g/mol. The first kappa shape index (κ1) is 23.9. The molecule has 0 fully saturated rings. The SMILES string of the molecule is Cc1ccc(C(CCO)c2ccc3c(nnn3C)c2C)cc1CN1CCN(C)c2ccccc2S1. The maximum Gasteiger partial charge on any atom is 0.116 e. The standard InChI is InChI=1S/C28H33N5OS/c1-19-9-10-21(24(13-16-34)23-11-12-26-28(20(23)2)29-30-32(26)4)17-22(19)18-33-15-14-31(3)25-7-5-6-8-27(25)35-33/h5-12,17,24,34H,13-16,18H2,1-4H3. The topological polar surface area (TPSA) is 57.4 Å². The number of aliphatic hydroxyl groups excluding tert-OH is 1. The number of benzene rings is 3. The smallest absolute Gasteiger partial charge is 0.116 e. The van der Waals surface area contributed by atoms with Crippen LogP contribution in [0.2, 0.25) is 0 Å². The molecule has 0 saturated carbocycles. The Balaban J connectivity index is 1.46. The van der Waals surface area contributed by atoms with Crippen LogP contribution in [-0.2, 0) is 13.6 Å². The summed E-state index contributed by atoms with van der Waals surface area (Å²) in [6, 6.07) is 19.7. The van der Waals surface area contributed by atoms with Crippen LogP contribution in [0.15, 0.2) is 59.5 Å². The molecule has 1 aromatic heterocycles. The third-order valence-electron chi connectivity index (χ3n) is 7.18. The van der Waals surface area contributed by atoms with E-state index < -0.39 is 0 Å². The van der Waals surface area contributed by atoms with E-state index >= 15 is 0 Å². The highest BCUT2D eigenvalue weighted by molar-refractivity contribution is 7.97. The van der Waals surface area contributed by atoms with Crippen LogP contribution >= 0.6 is 11.9 Å². The summed E-state index contributed by atoms with van der Waals surface area (Å²) in [6.45, 7) is 7.31. The van der Waals surface area contributed by atoms with Crippen molar-refractivity contribution >= 4 is 28.7 Å². The molecule has 4 aromatic rings. The summed E-state index contributed by atoms with van der Waals surface area (Å²) in [6.07, 6.45) is 0.672. The number of para-hydroxylation sites is 1. The Morgan fingerprint density at radius 1 is 1.03 bits per heavy atom. The van der Waals surface area contributed by atoms with Gasteiger partial charge in [-0.1, -0.05) is 41.6 Å². The third kappa shape index (κ3) is 4.68. The summed E-state index contributed by atoms with van der Waals surface area (Å²) in [5, 5.41) is 18.5. The third-order valence-corrected chi connectivity index (χ3v) is 8.30. The van der Waals surface area contributed by atoms with Crippen LogP contribution < -0.4 is 4.90 Å². The predicted molar refractivity (Wildman–Crippen MR) is 144 cm³/mol. The van der Waals surface area contributed by atoms with E-state index in [0.29, 0.717) is 6.42 Å². The first-order chi connectivity index (χ1) is 17.0. The summed E-state index contributed by atoms with van der Waals surface area (Å²) in [7, 11) is 4.09. The molecule has 2 heterocycles. The molecular weight excluding hydrogens is 454 g/mol. The molecule has 0 saturated heterocycles. The van der Waals surface area contributed by atoms with Gasteiger partial charge in [0, 0.05) is 51.1 Å². The van der Waals surface area contributed by atoms with Crippen molar-refractivity contribution in [2.75, 3.05) is 31.6 Å². The Morgan fingerprint density at radius 3 is 2.69 bits per heavy atom. The molecule has 0 radical (unpaired) electrons. The van der Waals surface area contributed by atoms with Crippen molar-refractivity contribution in [3.05, 3.63) is 82.4 Å². The van der Waals surface area contributed by atoms with E-state index in [1.165, 1.54) is 32.8 Å². The maximum absolute atomic E-state index is 9.95. The van der Waals surface area contributed by atoms with Gasteiger partial charge < -0.3 is 10.0 Å². The van der Waals surface area contributed by atoms with Crippen LogP contribution in [0.1, 0.15) is 40.2 Å². The van der Waals surface area contributed by atoms with E-state index in [-0.39, 0.29) is 12.5 Å². The van der Waals surface area contributed by atoms with Crippen LogP contribution in [0.4, 0.5) is 5.69 Å². The van der Waals surface area contributed by atoms with Gasteiger partial charge in [-0.15, -0.1) is 5.10 Å². The second kappa shape index (κ2) is 10.0. The Kier molecular flexibility index (Phi) is 6.82. The lowest BCUT2D eigenvalue weighted by atomic mass is 9.84. The predicted octanol–water partition coefficient (Wildman–Crippen LogP) is 5.06. The van der Waals surface area contributed by atoms with Crippen LogP contribution in [0, 0.1) is 13.8 Å². The van der Waals surface area contributed by atoms with Crippen LogP contribution in [-0.4, -0.2) is 51.1 Å². The van der Waals surface area contributed by atoms with Crippen LogP contribution in [0.25, 0.3) is 11.0 Å². The molecule has 0 spiro atoms. The molecule has 3 aromatic carbocycles. The zero-order valence-corrected chi connectivity index (χ0v) is 21.7. The summed E-state index contributed by atoms with van der Waals surface area (Å²) in [5.74, 6) is 0.106. The largest absolute Gasteiger partial charge is 0.396 e. The van der Waals surface area contributed by atoms with Gasteiger partial charge in [-0.25, -0.2) is 8.99 Å². The highest BCUT2D eigenvalue weighted by Gasteiger charge is 2.22. The number of hydrogen-bond acceptors (Lipinski definition) is 6. The van der Waals surface area contributed by atoms with E-state index in [0.717, 1.165) is 36.2 Å². The molecule has 1 unspecified atom stereocenters. The Bertz CT molecular complexity index is 1350. The van der Waals surface area contributed by atoms with Crippen molar-refractivity contribution in [1.29, 1.82) is 0 Å². The average Bonchev–Trinajstić information content (AvgIpc) is 3.16. The first-order valence-electron chi connectivity index (χ1n) is 12.2. The summed E-state index contributed by atoms with van der Waals surface area (Å²) >= 11 is 1.85. The summed E-state index contributed by atoms with van der Waals surface area (Å²) < 4.78 is 4.28. The molecule has 0 bridgehead atoms. The number of aliphatic hydroxyl groups is 1. The van der Waals surface area contributed by atoms with Gasteiger partial charge in [-0.05, 0) is 78.2 Å². The molecule has 0 aliphatic carbocycles. The van der Waals surface area contributed by atoms with Gasteiger partial charge in [-0.3, -0.25) is 0 Å². The van der Waals surface area contributed by atoms with E-state index in [2.05, 4.69) is 95.0 Å². The second-order valence-corrected chi connectivity index (χ2v) is 10.6. The lowest BCUT2D eigenvalue weighted by Gasteiger charge is -2.23. The Labute approximate surface area is 211 Å². The molecule has 1 atom stereocenters. The fraction of sp³-hybridized carbons (Fsp3) is 0.357. The number of aryl methyl sites for hydroxylation is 3. The normalized spacial score (nSPS) is 15.3. The van der Waals surface area contributed by atoms with Crippen LogP contribution in [0.5, 0.6) is 0 Å². The lowest BCUT2D eigenvalue weighted by molar-refractivity contribution is 0.281. The number of nitrogens with zero attached hydrogens (tertiary/aromatic N) is 5. The molecule has 7 heteroatoms. The Hall–Kier alpha value is -2.87. The molecule has 1 aliphatic rings. The first-order valence-corrected chi connectivity index (χ1v) is 13.0. The molecule has 1 aliphatic heterocycles. The minimum Gasteiger partial charge on any atom is -0.396 e. The number of likely N-dealkylation sites (N-methyl/N-ethyl adjacent to an activating group) is 1. The van der Waals surface area contributed by atoms with Crippen molar-refractivity contribution in [3.8, 4) is 0 Å². The fourth-order valence-corrected chi connectivity index (χ4v) is 6.16. The minimum absolute atomic E-state index is 0.106.